The monoisotopic (exact) mass is 464 g/mol. The summed E-state index contributed by atoms with van der Waals surface area (Å²) >= 11 is 2.68. The molecule has 3 aromatic heterocycles. The molecule has 0 radical (unpaired) electrons. The van der Waals surface area contributed by atoms with Gasteiger partial charge < -0.3 is 0 Å². The molecule has 0 atom stereocenters. The molecule has 5 aromatic rings. The van der Waals surface area contributed by atoms with Crippen LogP contribution in [0.15, 0.2) is 68.7 Å². The Morgan fingerprint density at radius 3 is 2.69 bits per heavy atom. The zero-order valence-corrected chi connectivity index (χ0v) is 18.8. The maximum absolute atomic E-state index is 14.3. The SMILES string of the molecule is Cc1ccc(-n2c(SCc3cc(=O)n4c(C)csc4n3)nc3ccccc3c2=O)cc1F. The van der Waals surface area contributed by atoms with E-state index in [0.717, 1.165) is 5.69 Å². The average Bonchev–Trinajstić information content (AvgIpc) is 3.15. The molecule has 0 amide bonds. The standard InChI is InChI=1S/C23H17FN4O2S2/c1-13-7-8-16(10-18(13)24)28-21(30)17-5-3-4-6-19(17)26-23(28)32-12-15-9-20(29)27-14(2)11-31-22(27)25-15/h3-11H,12H2,1-2H3. The number of aryl methyl sites for hydroxylation is 2. The number of hydrogen-bond acceptors (Lipinski definition) is 6. The first kappa shape index (κ1) is 20.6. The van der Waals surface area contributed by atoms with Gasteiger partial charge in [-0.05, 0) is 43.7 Å². The highest BCUT2D eigenvalue weighted by molar-refractivity contribution is 7.98. The van der Waals surface area contributed by atoms with Crippen molar-refractivity contribution in [3.05, 3.63) is 97.4 Å². The zero-order chi connectivity index (χ0) is 22.4. The van der Waals surface area contributed by atoms with Crippen molar-refractivity contribution in [1.82, 2.24) is 18.9 Å². The van der Waals surface area contributed by atoms with Gasteiger partial charge in [0.1, 0.15) is 5.82 Å². The van der Waals surface area contributed by atoms with Crippen LogP contribution in [0.2, 0.25) is 0 Å². The normalized spacial score (nSPS) is 11.5. The van der Waals surface area contributed by atoms with Crippen molar-refractivity contribution in [2.75, 3.05) is 0 Å². The molecule has 0 saturated heterocycles. The van der Waals surface area contributed by atoms with Crippen molar-refractivity contribution in [1.29, 1.82) is 0 Å². The first-order valence-corrected chi connectivity index (χ1v) is 11.7. The maximum atomic E-state index is 14.3. The number of rotatable bonds is 4. The van der Waals surface area contributed by atoms with Gasteiger partial charge in [0, 0.05) is 22.9 Å². The second kappa shape index (κ2) is 7.99. The van der Waals surface area contributed by atoms with Crippen LogP contribution in [-0.2, 0) is 5.75 Å². The molecule has 0 aliphatic carbocycles. The quantitative estimate of drug-likeness (QED) is 0.289. The van der Waals surface area contributed by atoms with Crippen LogP contribution in [0.5, 0.6) is 0 Å². The number of fused-ring (bicyclic) bond motifs is 2. The second-order valence-electron chi connectivity index (χ2n) is 7.36. The van der Waals surface area contributed by atoms with Gasteiger partial charge in [-0.25, -0.2) is 14.4 Å². The van der Waals surface area contributed by atoms with Crippen LogP contribution in [0.1, 0.15) is 17.0 Å². The number of thiazole rings is 1. The lowest BCUT2D eigenvalue weighted by molar-refractivity contribution is 0.615. The summed E-state index contributed by atoms with van der Waals surface area (Å²) in [6, 6.07) is 13.2. The third-order valence-electron chi connectivity index (χ3n) is 5.14. The van der Waals surface area contributed by atoms with Crippen LogP contribution >= 0.6 is 23.1 Å². The zero-order valence-electron chi connectivity index (χ0n) is 17.2. The summed E-state index contributed by atoms with van der Waals surface area (Å²) in [6.07, 6.45) is 0. The second-order valence-corrected chi connectivity index (χ2v) is 9.13. The Balaban J connectivity index is 1.62. The summed E-state index contributed by atoms with van der Waals surface area (Å²) in [6.45, 7) is 3.53. The minimum absolute atomic E-state index is 0.145. The van der Waals surface area contributed by atoms with Gasteiger partial charge in [-0.3, -0.25) is 18.6 Å². The van der Waals surface area contributed by atoms with E-state index in [0.29, 0.717) is 43.7 Å². The first-order chi connectivity index (χ1) is 15.4. The van der Waals surface area contributed by atoms with Gasteiger partial charge in [-0.1, -0.05) is 30.0 Å². The largest absolute Gasteiger partial charge is 0.269 e. The van der Waals surface area contributed by atoms with Gasteiger partial charge in [0.2, 0.25) is 0 Å². The Morgan fingerprint density at radius 2 is 1.88 bits per heavy atom. The van der Waals surface area contributed by atoms with E-state index in [2.05, 4.69) is 9.97 Å². The predicted molar refractivity (Wildman–Crippen MR) is 126 cm³/mol. The van der Waals surface area contributed by atoms with Crippen LogP contribution in [0.25, 0.3) is 21.6 Å². The Hall–Kier alpha value is -3.30. The van der Waals surface area contributed by atoms with Crippen molar-refractivity contribution in [3.63, 3.8) is 0 Å². The van der Waals surface area contributed by atoms with Gasteiger partial charge in [0.15, 0.2) is 10.1 Å². The van der Waals surface area contributed by atoms with Crippen LogP contribution < -0.4 is 11.1 Å². The lowest BCUT2D eigenvalue weighted by Crippen LogP contribution is -2.22. The predicted octanol–water partition coefficient (Wildman–Crippen LogP) is 4.50. The van der Waals surface area contributed by atoms with Gasteiger partial charge in [-0.2, -0.15) is 0 Å². The molecule has 9 heteroatoms. The summed E-state index contributed by atoms with van der Waals surface area (Å²) in [7, 11) is 0. The molecule has 5 rings (SSSR count). The Kier molecular flexibility index (Phi) is 5.15. The molecule has 2 aromatic carbocycles. The fourth-order valence-electron chi connectivity index (χ4n) is 3.47. The van der Waals surface area contributed by atoms with E-state index >= 15 is 0 Å². The lowest BCUT2D eigenvalue weighted by atomic mass is 10.2. The summed E-state index contributed by atoms with van der Waals surface area (Å²) < 4.78 is 17.3. The molecular formula is C23H17FN4O2S2. The third kappa shape index (κ3) is 3.53. The van der Waals surface area contributed by atoms with E-state index in [9.17, 15) is 14.0 Å². The Bertz CT molecular complexity index is 1620. The minimum atomic E-state index is -0.397. The molecule has 0 aliphatic heterocycles. The molecule has 0 unspecified atom stereocenters. The molecule has 0 spiro atoms. The number of thioether (sulfide) groups is 1. The van der Waals surface area contributed by atoms with Crippen LogP contribution in [0, 0.1) is 19.7 Å². The van der Waals surface area contributed by atoms with E-state index < -0.39 is 5.82 Å². The topological polar surface area (TPSA) is 69.3 Å². The molecule has 0 fully saturated rings. The Morgan fingerprint density at radius 1 is 1.06 bits per heavy atom. The lowest BCUT2D eigenvalue weighted by Gasteiger charge is -2.13. The molecule has 160 valence electrons. The molecule has 3 heterocycles. The highest BCUT2D eigenvalue weighted by Crippen LogP contribution is 2.25. The van der Waals surface area contributed by atoms with E-state index in [1.54, 1.807) is 41.7 Å². The fraction of sp³-hybridized carbons (Fsp3) is 0.130. The van der Waals surface area contributed by atoms with Crippen molar-refractivity contribution in [2.24, 2.45) is 0 Å². The molecule has 6 nitrogen and oxygen atoms in total. The molecule has 0 bridgehead atoms. The third-order valence-corrected chi connectivity index (χ3v) is 7.05. The highest BCUT2D eigenvalue weighted by Gasteiger charge is 2.15. The smallest absolute Gasteiger partial charge is 0.266 e. The van der Waals surface area contributed by atoms with Crippen molar-refractivity contribution in [2.45, 2.75) is 24.8 Å². The van der Waals surface area contributed by atoms with Crippen molar-refractivity contribution < 1.29 is 4.39 Å². The molecule has 0 saturated carbocycles. The van der Waals surface area contributed by atoms with Crippen LogP contribution in [0.3, 0.4) is 0 Å². The molecule has 0 aliphatic rings. The average molecular weight is 465 g/mol. The van der Waals surface area contributed by atoms with Crippen LogP contribution in [0.4, 0.5) is 4.39 Å². The number of benzene rings is 2. The van der Waals surface area contributed by atoms with Crippen LogP contribution in [-0.4, -0.2) is 18.9 Å². The number of halogens is 1. The summed E-state index contributed by atoms with van der Waals surface area (Å²) in [5.74, 6) is -0.0614. The molecule has 0 N–H and O–H groups in total. The highest BCUT2D eigenvalue weighted by atomic mass is 32.2. The summed E-state index contributed by atoms with van der Waals surface area (Å²) in [4.78, 5) is 35.7. The molecule has 32 heavy (non-hydrogen) atoms. The van der Waals surface area contributed by atoms with Crippen molar-refractivity contribution in [3.8, 4) is 5.69 Å². The molecular weight excluding hydrogens is 447 g/mol. The van der Waals surface area contributed by atoms with Gasteiger partial charge in [0.05, 0.1) is 22.3 Å². The minimum Gasteiger partial charge on any atom is -0.269 e. The Labute approximate surface area is 190 Å². The van der Waals surface area contributed by atoms with Crippen molar-refractivity contribution >= 4 is 39.0 Å². The number of nitrogens with zero attached hydrogens (tertiary/aromatic N) is 4. The van der Waals surface area contributed by atoms with E-state index in [1.165, 1.54) is 39.8 Å². The summed E-state index contributed by atoms with van der Waals surface area (Å²) in [5.41, 5.74) is 2.46. The first-order valence-electron chi connectivity index (χ1n) is 9.80. The number of hydrogen-bond donors (Lipinski definition) is 0. The van der Waals surface area contributed by atoms with E-state index in [-0.39, 0.29) is 11.1 Å². The fourth-order valence-corrected chi connectivity index (χ4v) is 5.27. The van der Waals surface area contributed by atoms with E-state index in [1.807, 2.05) is 18.4 Å². The maximum Gasteiger partial charge on any atom is 0.266 e. The van der Waals surface area contributed by atoms with Gasteiger partial charge in [-0.15, -0.1) is 11.3 Å². The summed E-state index contributed by atoms with van der Waals surface area (Å²) in [5, 5.41) is 2.74. The number of para-hydroxylation sites is 1. The van der Waals surface area contributed by atoms with Gasteiger partial charge in [0.25, 0.3) is 11.1 Å². The number of aromatic nitrogens is 4. The van der Waals surface area contributed by atoms with E-state index in [4.69, 9.17) is 0 Å². The van der Waals surface area contributed by atoms with Gasteiger partial charge >= 0.3 is 0 Å².